The SMILES string of the molecule is CN(C)CCN(Cc1ccccc1F)S(=O)(=O)c1c(Cl)cccc1Cl. The Balaban J connectivity index is 2.45. The Labute approximate surface area is 157 Å². The Kier molecular flexibility index (Phi) is 6.82. The molecule has 0 aromatic heterocycles. The van der Waals surface area contributed by atoms with Gasteiger partial charge in [0.15, 0.2) is 0 Å². The maximum absolute atomic E-state index is 14.0. The predicted octanol–water partition coefficient (Wildman–Crippen LogP) is 3.89. The van der Waals surface area contributed by atoms with Crippen LogP contribution in [-0.4, -0.2) is 44.8 Å². The average molecular weight is 405 g/mol. The zero-order valence-electron chi connectivity index (χ0n) is 13.9. The van der Waals surface area contributed by atoms with E-state index in [9.17, 15) is 12.8 Å². The van der Waals surface area contributed by atoms with Crippen molar-refractivity contribution in [3.05, 3.63) is 63.9 Å². The molecule has 25 heavy (non-hydrogen) atoms. The van der Waals surface area contributed by atoms with Crippen LogP contribution >= 0.6 is 23.2 Å². The molecule has 0 N–H and O–H groups in total. The second kappa shape index (κ2) is 8.47. The maximum atomic E-state index is 14.0. The fourth-order valence-electron chi connectivity index (χ4n) is 2.27. The van der Waals surface area contributed by atoms with Crippen LogP contribution in [0.3, 0.4) is 0 Å². The molecule has 0 aliphatic heterocycles. The zero-order valence-corrected chi connectivity index (χ0v) is 16.2. The first-order chi connectivity index (χ1) is 11.7. The molecule has 0 radical (unpaired) electrons. The molecule has 4 nitrogen and oxygen atoms in total. The molecule has 0 saturated heterocycles. The molecule has 0 saturated carbocycles. The summed E-state index contributed by atoms with van der Waals surface area (Å²) in [5.74, 6) is -0.460. The van der Waals surface area contributed by atoms with Crippen molar-refractivity contribution in [1.82, 2.24) is 9.21 Å². The lowest BCUT2D eigenvalue weighted by atomic mass is 10.2. The van der Waals surface area contributed by atoms with Crippen LogP contribution in [0.5, 0.6) is 0 Å². The molecule has 0 unspecified atom stereocenters. The van der Waals surface area contributed by atoms with E-state index in [1.807, 2.05) is 19.0 Å². The van der Waals surface area contributed by atoms with Crippen LogP contribution in [0.25, 0.3) is 0 Å². The average Bonchev–Trinajstić information content (AvgIpc) is 2.52. The highest BCUT2D eigenvalue weighted by atomic mass is 35.5. The largest absolute Gasteiger partial charge is 0.308 e. The van der Waals surface area contributed by atoms with Gasteiger partial charge in [0, 0.05) is 25.2 Å². The van der Waals surface area contributed by atoms with Crippen molar-refractivity contribution in [2.45, 2.75) is 11.4 Å². The van der Waals surface area contributed by atoms with Crippen LogP contribution in [0.15, 0.2) is 47.4 Å². The number of benzene rings is 2. The van der Waals surface area contributed by atoms with E-state index in [1.165, 1.54) is 22.5 Å². The minimum Gasteiger partial charge on any atom is -0.308 e. The maximum Gasteiger partial charge on any atom is 0.246 e. The van der Waals surface area contributed by atoms with Crippen molar-refractivity contribution in [2.24, 2.45) is 0 Å². The molecular formula is C17H19Cl2FN2O2S. The van der Waals surface area contributed by atoms with Gasteiger partial charge in [0.2, 0.25) is 10.0 Å². The number of hydrogen-bond acceptors (Lipinski definition) is 3. The van der Waals surface area contributed by atoms with Gasteiger partial charge in [-0.25, -0.2) is 12.8 Å². The zero-order chi connectivity index (χ0) is 18.6. The lowest BCUT2D eigenvalue weighted by Gasteiger charge is -2.25. The highest BCUT2D eigenvalue weighted by Crippen LogP contribution is 2.32. The molecule has 0 atom stereocenters. The molecule has 2 aromatic carbocycles. The van der Waals surface area contributed by atoms with Crippen LogP contribution in [0.4, 0.5) is 4.39 Å². The van der Waals surface area contributed by atoms with Crippen LogP contribution in [0, 0.1) is 5.82 Å². The van der Waals surface area contributed by atoms with E-state index in [-0.39, 0.29) is 33.6 Å². The summed E-state index contributed by atoms with van der Waals surface area (Å²) in [6, 6.07) is 10.6. The molecule has 0 spiro atoms. The normalized spacial score (nSPS) is 12.1. The van der Waals surface area contributed by atoms with Gasteiger partial charge >= 0.3 is 0 Å². The summed E-state index contributed by atoms with van der Waals surface area (Å²) in [4.78, 5) is 1.69. The van der Waals surface area contributed by atoms with E-state index < -0.39 is 15.8 Å². The van der Waals surface area contributed by atoms with Crippen molar-refractivity contribution >= 4 is 33.2 Å². The van der Waals surface area contributed by atoms with Crippen molar-refractivity contribution < 1.29 is 12.8 Å². The molecule has 2 aromatic rings. The summed E-state index contributed by atoms with van der Waals surface area (Å²) in [5, 5.41) is 0.0757. The van der Waals surface area contributed by atoms with Gasteiger partial charge in [-0.3, -0.25) is 0 Å². The van der Waals surface area contributed by atoms with Gasteiger partial charge in [0.1, 0.15) is 10.7 Å². The van der Waals surface area contributed by atoms with E-state index in [0.29, 0.717) is 6.54 Å². The summed E-state index contributed by atoms with van der Waals surface area (Å²) in [5.41, 5.74) is 0.285. The molecule has 0 aliphatic rings. The van der Waals surface area contributed by atoms with Crippen molar-refractivity contribution in [1.29, 1.82) is 0 Å². The van der Waals surface area contributed by atoms with Crippen LogP contribution in [-0.2, 0) is 16.6 Å². The second-order valence-electron chi connectivity index (χ2n) is 5.78. The molecule has 136 valence electrons. The first-order valence-corrected chi connectivity index (χ1v) is 9.75. The standard InChI is InChI=1S/C17H19Cl2FN2O2S/c1-21(2)10-11-22(12-13-6-3-4-9-16(13)20)25(23,24)17-14(18)7-5-8-15(17)19/h3-9H,10-12H2,1-2H3. The highest BCUT2D eigenvalue weighted by molar-refractivity contribution is 7.89. The quantitative estimate of drug-likeness (QED) is 0.702. The molecule has 0 amide bonds. The third-order valence-corrected chi connectivity index (χ3v) is 6.42. The second-order valence-corrected chi connectivity index (χ2v) is 8.47. The number of sulfonamides is 1. The van der Waals surface area contributed by atoms with Crippen LogP contribution in [0.2, 0.25) is 10.0 Å². The summed E-state index contributed by atoms with van der Waals surface area (Å²) in [6.07, 6.45) is 0. The number of hydrogen-bond donors (Lipinski definition) is 0. The molecule has 8 heteroatoms. The molecular weight excluding hydrogens is 386 g/mol. The first-order valence-electron chi connectivity index (χ1n) is 7.56. The van der Waals surface area contributed by atoms with Crippen molar-refractivity contribution in [3.8, 4) is 0 Å². The lowest BCUT2D eigenvalue weighted by Crippen LogP contribution is -2.36. The number of halogens is 3. The Hall–Kier alpha value is -1.18. The third-order valence-electron chi connectivity index (χ3n) is 3.62. The van der Waals surface area contributed by atoms with Crippen LogP contribution < -0.4 is 0 Å². The highest BCUT2D eigenvalue weighted by Gasteiger charge is 2.29. The summed E-state index contributed by atoms with van der Waals surface area (Å²) in [7, 11) is -0.337. The lowest BCUT2D eigenvalue weighted by molar-refractivity contribution is 0.327. The molecule has 0 aliphatic carbocycles. The Morgan fingerprint density at radius 3 is 2.12 bits per heavy atom. The van der Waals surface area contributed by atoms with Crippen molar-refractivity contribution in [3.63, 3.8) is 0 Å². The van der Waals surface area contributed by atoms with Gasteiger partial charge in [-0.2, -0.15) is 4.31 Å². The molecule has 0 fully saturated rings. The number of rotatable bonds is 7. The van der Waals surface area contributed by atoms with Crippen LogP contribution in [0.1, 0.15) is 5.56 Å². The van der Waals surface area contributed by atoms with E-state index in [1.54, 1.807) is 24.3 Å². The molecule has 0 bridgehead atoms. The third kappa shape index (κ3) is 4.92. The summed E-state index contributed by atoms with van der Waals surface area (Å²) < 4.78 is 41.4. The number of nitrogens with zero attached hydrogens (tertiary/aromatic N) is 2. The van der Waals surface area contributed by atoms with Crippen molar-refractivity contribution in [2.75, 3.05) is 27.2 Å². The Bertz CT molecular complexity index is 824. The van der Waals surface area contributed by atoms with Gasteiger partial charge in [0.25, 0.3) is 0 Å². The van der Waals surface area contributed by atoms with Gasteiger partial charge in [-0.05, 0) is 32.3 Å². The first kappa shape index (κ1) is 20.1. The Morgan fingerprint density at radius 1 is 0.960 bits per heavy atom. The van der Waals surface area contributed by atoms with Gasteiger partial charge in [-0.1, -0.05) is 47.5 Å². The van der Waals surface area contributed by atoms with E-state index in [0.717, 1.165) is 0 Å². The monoisotopic (exact) mass is 404 g/mol. The molecule has 2 rings (SSSR count). The van der Waals surface area contributed by atoms with E-state index in [2.05, 4.69) is 0 Å². The fraction of sp³-hybridized carbons (Fsp3) is 0.294. The molecule has 0 heterocycles. The number of likely N-dealkylation sites (N-methyl/N-ethyl adjacent to an activating group) is 1. The smallest absolute Gasteiger partial charge is 0.246 e. The van der Waals surface area contributed by atoms with Gasteiger partial charge in [0.05, 0.1) is 10.0 Å². The minimum atomic E-state index is -4.00. The summed E-state index contributed by atoms with van der Waals surface area (Å²) in [6.45, 7) is 0.533. The fourth-order valence-corrected chi connectivity index (χ4v) is 4.77. The summed E-state index contributed by atoms with van der Waals surface area (Å²) >= 11 is 12.2. The topological polar surface area (TPSA) is 40.6 Å². The Morgan fingerprint density at radius 2 is 1.56 bits per heavy atom. The minimum absolute atomic E-state index is 0.0379. The van der Waals surface area contributed by atoms with Gasteiger partial charge in [-0.15, -0.1) is 0 Å². The van der Waals surface area contributed by atoms with E-state index >= 15 is 0 Å². The van der Waals surface area contributed by atoms with Gasteiger partial charge < -0.3 is 4.90 Å². The van der Waals surface area contributed by atoms with E-state index in [4.69, 9.17) is 23.2 Å². The predicted molar refractivity (Wildman–Crippen MR) is 99.0 cm³/mol.